The van der Waals surface area contributed by atoms with Gasteiger partial charge >= 0.3 is 0 Å². The van der Waals surface area contributed by atoms with Crippen molar-refractivity contribution in [3.63, 3.8) is 0 Å². The second-order valence-corrected chi connectivity index (χ2v) is 9.84. The molecule has 0 fully saturated rings. The lowest BCUT2D eigenvalue weighted by Gasteiger charge is -2.30. The van der Waals surface area contributed by atoms with Crippen molar-refractivity contribution in [3.8, 4) is 0 Å². The van der Waals surface area contributed by atoms with E-state index in [1.54, 1.807) is 4.90 Å². The van der Waals surface area contributed by atoms with Gasteiger partial charge in [0.2, 0.25) is 5.91 Å². The van der Waals surface area contributed by atoms with Crippen molar-refractivity contribution in [2.45, 2.75) is 147 Å². The van der Waals surface area contributed by atoms with Crippen molar-refractivity contribution >= 4 is 5.91 Å². The lowest BCUT2D eigenvalue weighted by Crippen LogP contribution is -2.50. The number of hydrogen-bond donors (Lipinski definition) is 5. The SMILES string of the molecule is CCCCCCCCCCCCCC(=O)N(CCCCCCC)C[C@H](O)[C@@H](O)[C@H](O)[C@H](O)CO. The number of rotatable bonds is 24. The zero-order valence-corrected chi connectivity index (χ0v) is 22.0. The van der Waals surface area contributed by atoms with E-state index < -0.39 is 31.0 Å². The van der Waals surface area contributed by atoms with E-state index in [0.717, 1.165) is 51.4 Å². The molecule has 0 saturated carbocycles. The van der Waals surface area contributed by atoms with E-state index in [1.807, 2.05) is 0 Å². The molecule has 0 bridgehead atoms. The molecule has 0 aromatic rings. The maximum Gasteiger partial charge on any atom is 0.222 e. The first-order chi connectivity index (χ1) is 16.4. The van der Waals surface area contributed by atoms with E-state index in [4.69, 9.17) is 5.11 Å². The van der Waals surface area contributed by atoms with Crippen molar-refractivity contribution in [1.29, 1.82) is 0 Å². The molecule has 0 heterocycles. The first kappa shape index (κ1) is 33.3. The zero-order valence-electron chi connectivity index (χ0n) is 22.0. The molecule has 7 heteroatoms. The summed E-state index contributed by atoms with van der Waals surface area (Å²) in [6, 6.07) is 0. The van der Waals surface area contributed by atoms with Crippen LogP contribution in [0.3, 0.4) is 0 Å². The smallest absolute Gasteiger partial charge is 0.222 e. The third-order valence-electron chi connectivity index (χ3n) is 6.61. The summed E-state index contributed by atoms with van der Waals surface area (Å²) in [6.45, 7) is 4.07. The van der Waals surface area contributed by atoms with Gasteiger partial charge in [0.1, 0.15) is 24.4 Å². The minimum atomic E-state index is -1.67. The fraction of sp³-hybridized carbons (Fsp3) is 0.963. The Labute approximate surface area is 208 Å². The molecule has 0 aromatic heterocycles. The highest BCUT2D eigenvalue weighted by molar-refractivity contribution is 5.76. The van der Waals surface area contributed by atoms with Crippen molar-refractivity contribution in [2.75, 3.05) is 19.7 Å². The number of amides is 1. The first-order valence-corrected chi connectivity index (χ1v) is 14.0. The monoisotopic (exact) mass is 489 g/mol. The largest absolute Gasteiger partial charge is 0.394 e. The summed E-state index contributed by atoms with van der Waals surface area (Å²) in [6.07, 6.45) is 12.7. The molecule has 0 saturated heterocycles. The molecular weight excluding hydrogens is 434 g/mol. The molecule has 204 valence electrons. The molecule has 0 radical (unpaired) electrons. The van der Waals surface area contributed by atoms with Crippen LogP contribution in [-0.2, 0) is 4.79 Å². The molecule has 0 aliphatic heterocycles. The molecule has 0 aromatic carbocycles. The van der Waals surface area contributed by atoms with Crippen LogP contribution < -0.4 is 0 Å². The van der Waals surface area contributed by atoms with Gasteiger partial charge in [0.05, 0.1) is 6.61 Å². The van der Waals surface area contributed by atoms with Gasteiger partial charge in [-0.05, 0) is 12.8 Å². The third kappa shape index (κ3) is 16.8. The highest BCUT2D eigenvalue weighted by atomic mass is 16.4. The van der Waals surface area contributed by atoms with E-state index >= 15 is 0 Å². The fourth-order valence-corrected chi connectivity index (χ4v) is 4.22. The van der Waals surface area contributed by atoms with Gasteiger partial charge in [-0.15, -0.1) is 0 Å². The summed E-state index contributed by atoms with van der Waals surface area (Å²) >= 11 is 0. The number of aliphatic hydroxyl groups is 5. The summed E-state index contributed by atoms with van der Waals surface area (Å²) in [7, 11) is 0. The van der Waals surface area contributed by atoms with Crippen LogP contribution in [0.25, 0.3) is 0 Å². The van der Waals surface area contributed by atoms with E-state index in [9.17, 15) is 25.2 Å². The lowest BCUT2D eigenvalue weighted by atomic mass is 10.0. The van der Waals surface area contributed by atoms with Crippen molar-refractivity contribution in [3.05, 3.63) is 0 Å². The Hall–Kier alpha value is -0.730. The quantitative estimate of drug-likeness (QED) is 0.131. The third-order valence-corrected chi connectivity index (χ3v) is 6.61. The van der Waals surface area contributed by atoms with Crippen molar-refractivity contribution < 1.29 is 30.3 Å². The summed E-state index contributed by atoms with van der Waals surface area (Å²) in [5.41, 5.74) is 0. The number of aliphatic hydroxyl groups excluding tert-OH is 5. The molecule has 7 nitrogen and oxygen atoms in total. The average Bonchev–Trinajstić information content (AvgIpc) is 2.84. The Balaban J connectivity index is 4.38. The predicted molar refractivity (Wildman–Crippen MR) is 138 cm³/mol. The molecule has 5 N–H and O–H groups in total. The second-order valence-electron chi connectivity index (χ2n) is 9.84. The van der Waals surface area contributed by atoms with Gasteiger partial charge in [-0.2, -0.15) is 0 Å². The lowest BCUT2D eigenvalue weighted by molar-refractivity contribution is -0.140. The Kier molecular flexibility index (Phi) is 22.2. The van der Waals surface area contributed by atoms with Crippen LogP contribution in [0.4, 0.5) is 0 Å². The van der Waals surface area contributed by atoms with Crippen LogP contribution in [-0.4, -0.2) is 80.5 Å². The first-order valence-electron chi connectivity index (χ1n) is 14.0. The van der Waals surface area contributed by atoms with Gasteiger partial charge in [-0.3, -0.25) is 4.79 Å². The molecule has 34 heavy (non-hydrogen) atoms. The van der Waals surface area contributed by atoms with Gasteiger partial charge in [0.15, 0.2) is 0 Å². The van der Waals surface area contributed by atoms with Crippen molar-refractivity contribution in [2.24, 2.45) is 0 Å². The van der Waals surface area contributed by atoms with Crippen LogP contribution >= 0.6 is 0 Å². The summed E-state index contributed by atoms with van der Waals surface area (Å²) in [5, 5.41) is 48.8. The minimum Gasteiger partial charge on any atom is -0.394 e. The number of carbonyl (C=O) groups is 1. The van der Waals surface area contributed by atoms with Gasteiger partial charge in [0, 0.05) is 19.5 Å². The number of nitrogens with zero attached hydrogens (tertiary/aromatic N) is 1. The molecule has 0 rings (SSSR count). The maximum atomic E-state index is 12.8. The topological polar surface area (TPSA) is 121 Å². The molecule has 0 spiro atoms. The summed E-state index contributed by atoms with van der Waals surface area (Å²) in [5.74, 6) is -0.0464. The van der Waals surface area contributed by atoms with Gasteiger partial charge in [-0.1, -0.05) is 104 Å². The van der Waals surface area contributed by atoms with Gasteiger partial charge < -0.3 is 30.4 Å². The van der Waals surface area contributed by atoms with Crippen molar-refractivity contribution in [1.82, 2.24) is 4.90 Å². The molecule has 1 amide bonds. The Bertz CT molecular complexity index is 464. The molecular formula is C27H55NO6. The van der Waals surface area contributed by atoms with E-state index in [0.29, 0.717) is 13.0 Å². The number of carbonyl (C=O) groups excluding carboxylic acids is 1. The van der Waals surface area contributed by atoms with Crippen LogP contribution in [0.15, 0.2) is 0 Å². The molecule has 0 unspecified atom stereocenters. The minimum absolute atomic E-state index is 0.0464. The Morgan fingerprint density at radius 2 is 1.03 bits per heavy atom. The fourth-order valence-electron chi connectivity index (χ4n) is 4.22. The maximum absolute atomic E-state index is 12.8. The number of hydrogen-bond acceptors (Lipinski definition) is 6. The summed E-state index contributed by atoms with van der Waals surface area (Å²) in [4.78, 5) is 14.4. The van der Waals surface area contributed by atoms with Crippen LogP contribution in [0.2, 0.25) is 0 Å². The normalized spacial score (nSPS) is 15.1. The molecule has 0 aliphatic carbocycles. The highest BCUT2D eigenvalue weighted by Gasteiger charge is 2.31. The molecule has 4 atom stereocenters. The van der Waals surface area contributed by atoms with Crippen LogP contribution in [0.1, 0.15) is 123 Å². The summed E-state index contributed by atoms with van der Waals surface area (Å²) < 4.78 is 0. The van der Waals surface area contributed by atoms with Crippen LogP contribution in [0, 0.1) is 0 Å². The van der Waals surface area contributed by atoms with Gasteiger partial charge in [0.25, 0.3) is 0 Å². The van der Waals surface area contributed by atoms with E-state index in [2.05, 4.69) is 13.8 Å². The van der Waals surface area contributed by atoms with E-state index in [-0.39, 0.29) is 12.5 Å². The highest BCUT2D eigenvalue weighted by Crippen LogP contribution is 2.14. The van der Waals surface area contributed by atoms with E-state index in [1.165, 1.54) is 51.4 Å². The van der Waals surface area contributed by atoms with Crippen LogP contribution in [0.5, 0.6) is 0 Å². The number of unbranched alkanes of at least 4 members (excludes halogenated alkanes) is 14. The molecule has 0 aliphatic rings. The standard InChI is InChI=1S/C27H55NO6/c1-3-5-7-9-10-11-12-13-14-15-17-19-25(32)28(20-18-16-8-6-4-2)21-23(30)26(33)27(34)24(31)22-29/h23-24,26-27,29-31,33-34H,3-22H2,1-2H3/t23-,24+,26+,27+/m0/s1. The Morgan fingerprint density at radius 1 is 0.618 bits per heavy atom. The average molecular weight is 490 g/mol. The zero-order chi connectivity index (χ0) is 25.6. The second kappa shape index (κ2) is 22.7. The predicted octanol–water partition coefficient (Wildman–Crippen LogP) is 3.92. The van der Waals surface area contributed by atoms with Gasteiger partial charge in [-0.25, -0.2) is 0 Å². The Morgan fingerprint density at radius 3 is 1.50 bits per heavy atom.